The van der Waals surface area contributed by atoms with Crippen molar-refractivity contribution in [3.63, 3.8) is 0 Å². The molecule has 0 bridgehead atoms. The number of pyridine rings is 3. The van der Waals surface area contributed by atoms with Crippen molar-refractivity contribution in [1.29, 1.82) is 0 Å². The molecule has 5 aromatic rings. The smallest absolute Gasteiger partial charge is 0.0798 e. The van der Waals surface area contributed by atoms with Crippen LogP contribution < -0.4 is 5.19 Å². The predicted molar refractivity (Wildman–Crippen MR) is 213 cm³/mol. The normalized spacial score (nSPS) is 16.2. The molecule has 2 saturated carbocycles. The van der Waals surface area contributed by atoms with E-state index in [1.54, 1.807) is 0 Å². The van der Waals surface area contributed by atoms with Crippen LogP contribution in [0.4, 0.5) is 0 Å². The van der Waals surface area contributed by atoms with Crippen molar-refractivity contribution in [2.24, 2.45) is 11.8 Å². The van der Waals surface area contributed by atoms with Crippen LogP contribution in [-0.4, -0.2) is 23.0 Å². The molecule has 2 aromatic carbocycles. The summed E-state index contributed by atoms with van der Waals surface area (Å²) in [5, 5.41) is 1.53. The Labute approximate surface area is 322 Å². The van der Waals surface area contributed by atoms with Gasteiger partial charge in [-0.05, 0) is 108 Å². The molecule has 3 aromatic heterocycles. The van der Waals surface area contributed by atoms with E-state index in [1.165, 1.54) is 78.8 Å². The van der Waals surface area contributed by atoms with Gasteiger partial charge in [0.2, 0.25) is 0 Å². The number of hydrogen-bond acceptors (Lipinski definition) is 3. The zero-order valence-electron chi connectivity index (χ0n) is 31.7. The van der Waals surface area contributed by atoms with Crippen LogP contribution in [0.15, 0.2) is 85.2 Å². The van der Waals surface area contributed by atoms with Crippen LogP contribution in [0, 0.1) is 37.8 Å². The zero-order valence-corrected chi connectivity index (χ0v) is 35.1. The maximum absolute atomic E-state index is 4.84. The van der Waals surface area contributed by atoms with Gasteiger partial charge in [-0.25, -0.2) is 0 Å². The van der Waals surface area contributed by atoms with Crippen molar-refractivity contribution in [1.82, 2.24) is 15.0 Å². The van der Waals surface area contributed by atoms with E-state index in [4.69, 9.17) is 9.97 Å². The van der Waals surface area contributed by atoms with Crippen molar-refractivity contribution in [3.8, 4) is 33.6 Å². The molecule has 269 valence electrons. The first-order chi connectivity index (χ1) is 24.1. The Kier molecular flexibility index (Phi) is 13.4. The Bertz CT molecular complexity index is 1840. The molecule has 0 aliphatic heterocycles. The van der Waals surface area contributed by atoms with Gasteiger partial charge in [0, 0.05) is 32.5 Å². The second kappa shape index (κ2) is 17.5. The molecule has 2 fully saturated rings. The fraction of sp³-hybridized carbons (Fsp3) is 0.413. The number of aromatic nitrogens is 3. The molecular weight excluding hydrogens is 815 g/mol. The van der Waals surface area contributed by atoms with Gasteiger partial charge in [-0.3, -0.25) is 4.98 Å². The fourth-order valence-corrected chi connectivity index (χ4v) is 9.96. The van der Waals surface area contributed by atoms with Crippen molar-refractivity contribution in [2.75, 3.05) is 0 Å². The zero-order chi connectivity index (χ0) is 35.3. The summed E-state index contributed by atoms with van der Waals surface area (Å²) in [6.45, 7) is 16.2. The Morgan fingerprint density at radius 1 is 0.686 bits per heavy atom. The molecule has 3 nitrogen and oxygen atoms in total. The first-order valence-electron chi connectivity index (χ1n) is 19.0. The van der Waals surface area contributed by atoms with Crippen LogP contribution >= 0.6 is 0 Å². The van der Waals surface area contributed by atoms with Crippen LogP contribution in [0.3, 0.4) is 0 Å². The van der Waals surface area contributed by atoms with Crippen LogP contribution in [0.25, 0.3) is 33.6 Å². The van der Waals surface area contributed by atoms with Gasteiger partial charge in [0.25, 0.3) is 0 Å². The van der Waals surface area contributed by atoms with E-state index in [0.717, 1.165) is 45.7 Å². The quantitative estimate of drug-likeness (QED) is 0.115. The van der Waals surface area contributed by atoms with Gasteiger partial charge in [-0.1, -0.05) is 107 Å². The van der Waals surface area contributed by atoms with E-state index >= 15 is 0 Å². The summed E-state index contributed by atoms with van der Waals surface area (Å²) in [7, 11) is -1.42. The molecule has 2 aliphatic carbocycles. The second-order valence-corrected chi connectivity index (χ2v) is 20.9. The maximum atomic E-state index is 4.84. The number of nitrogens with zero attached hydrogens (tertiary/aromatic N) is 3. The van der Waals surface area contributed by atoms with Crippen LogP contribution in [0.2, 0.25) is 19.6 Å². The van der Waals surface area contributed by atoms with Gasteiger partial charge in [0.05, 0.1) is 8.07 Å². The van der Waals surface area contributed by atoms with E-state index in [-0.39, 0.29) is 20.1 Å². The average Bonchev–Trinajstić information content (AvgIpc) is 3.87. The SMILES string of the molecule is CC(c1cnc(-c2[c-]cccc2)cc1-c1ccccc1)C1CCCC1.Cc1[c-]c(-c2cc(C(C)C3CCCC3)c([Si](C)(C)C)cn2)cc(C)n1.[Ir]. The summed E-state index contributed by atoms with van der Waals surface area (Å²) < 4.78 is 0. The molecule has 7 rings (SSSR count). The molecule has 0 N–H and O–H groups in total. The molecule has 0 spiro atoms. The largest absolute Gasteiger partial charge is 0.321 e. The molecule has 0 saturated heterocycles. The molecule has 2 atom stereocenters. The minimum Gasteiger partial charge on any atom is -0.321 e. The maximum Gasteiger partial charge on any atom is 0.0798 e. The van der Waals surface area contributed by atoms with Crippen LogP contribution in [-0.2, 0) is 20.1 Å². The topological polar surface area (TPSA) is 38.7 Å². The molecule has 0 amide bonds. The second-order valence-electron chi connectivity index (χ2n) is 15.9. The molecule has 1 radical (unpaired) electrons. The molecule has 2 unspecified atom stereocenters. The van der Waals surface area contributed by atoms with Gasteiger partial charge < -0.3 is 9.97 Å². The summed E-state index contributed by atoms with van der Waals surface area (Å²) in [5.41, 5.74) is 11.7. The Hall–Kier alpha value is -3.24. The third kappa shape index (κ3) is 9.60. The van der Waals surface area contributed by atoms with Gasteiger partial charge in [-0.15, -0.1) is 42.0 Å². The Morgan fingerprint density at radius 3 is 1.86 bits per heavy atom. The average molecular weight is 870 g/mol. The van der Waals surface area contributed by atoms with Crippen molar-refractivity contribution >= 4 is 13.3 Å². The Balaban J connectivity index is 0.000000194. The summed E-state index contributed by atoms with van der Waals surface area (Å²) in [6.07, 6.45) is 15.3. The predicted octanol–water partition coefficient (Wildman–Crippen LogP) is 11.9. The molecule has 2 aliphatic rings. The summed E-state index contributed by atoms with van der Waals surface area (Å²) in [6, 6.07) is 32.2. The number of benzene rings is 2. The monoisotopic (exact) mass is 870 g/mol. The van der Waals surface area contributed by atoms with Gasteiger partial charge >= 0.3 is 0 Å². The summed E-state index contributed by atoms with van der Waals surface area (Å²) in [5.74, 6) is 2.79. The summed E-state index contributed by atoms with van der Waals surface area (Å²) >= 11 is 0. The van der Waals surface area contributed by atoms with E-state index in [2.05, 4.69) is 118 Å². The third-order valence-electron chi connectivity index (χ3n) is 11.2. The first-order valence-corrected chi connectivity index (χ1v) is 22.5. The molecule has 5 heteroatoms. The molecule has 51 heavy (non-hydrogen) atoms. The number of aryl methyl sites for hydroxylation is 2. The standard InChI is InChI=1S/C24H24N.C22H31N2Si.Ir/c1-18(19-10-8-9-11-19)23-17-25-24(21-14-6-3-7-15-21)16-22(23)20-12-4-2-5-13-20;1-15-11-19(12-16(2)24-15)21-13-20(17(3)18-9-7-8-10-18)22(14-23-21)25(4,5)6;/h2-7,12-14,16-19H,8-11H2,1H3;11,13-14,17-18H,7-10H2,1-6H3;/q2*-1;. The van der Waals surface area contributed by atoms with E-state index in [9.17, 15) is 0 Å². The van der Waals surface area contributed by atoms with Gasteiger partial charge in [0.1, 0.15) is 0 Å². The third-order valence-corrected chi connectivity index (χ3v) is 13.3. The van der Waals surface area contributed by atoms with E-state index in [0.29, 0.717) is 11.8 Å². The number of hydrogen-bond donors (Lipinski definition) is 0. The fourth-order valence-electron chi connectivity index (χ4n) is 8.34. The minimum absolute atomic E-state index is 0. The number of rotatable bonds is 8. The first kappa shape index (κ1) is 39.0. The molecular formula is C46H55IrN3Si-2. The van der Waals surface area contributed by atoms with Crippen LogP contribution in [0.5, 0.6) is 0 Å². The van der Waals surface area contributed by atoms with Crippen LogP contribution in [0.1, 0.15) is 99.6 Å². The molecule has 3 heterocycles. The van der Waals surface area contributed by atoms with Gasteiger partial charge in [-0.2, -0.15) is 11.6 Å². The van der Waals surface area contributed by atoms with Gasteiger partial charge in [0.15, 0.2) is 0 Å². The van der Waals surface area contributed by atoms with Crippen molar-refractivity contribution < 1.29 is 20.1 Å². The Morgan fingerprint density at radius 2 is 1.27 bits per heavy atom. The van der Waals surface area contributed by atoms with Crippen molar-refractivity contribution in [2.45, 2.75) is 111 Å². The van der Waals surface area contributed by atoms with E-state index < -0.39 is 8.07 Å². The minimum atomic E-state index is -1.42. The summed E-state index contributed by atoms with van der Waals surface area (Å²) in [4.78, 5) is 14.1. The van der Waals surface area contributed by atoms with Crippen molar-refractivity contribution in [3.05, 3.63) is 120 Å². The van der Waals surface area contributed by atoms with E-state index in [1.807, 2.05) is 32.0 Å².